The van der Waals surface area contributed by atoms with Crippen LogP contribution in [-0.2, 0) is 4.74 Å². The largest absolute Gasteiger partial charge is 0.462 e. The number of anilines is 1. The number of aromatic nitrogens is 1. The summed E-state index contributed by atoms with van der Waals surface area (Å²) in [5.41, 5.74) is -0.641. The SMILES string of the molecule is CCOC(=O)c1cn(-c2ccccc2)c2c(F)c(N3CCCCCC3)c(F)cc2c1=O. The number of halogens is 2. The molecule has 0 radical (unpaired) electrons. The maximum atomic E-state index is 15.9. The average molecular weight is 426 g/mol. The molecule has 2 heterocycles. The first-order chi connectivity index (χ1) is 15.0. The minimum atomic E-state index is -0.823. The molecule has 0 spiro atoms. The number of carbonyl (C=O) groups excluding carboxylic acids is 1. The number of pyridine rings is 1. The van der Waals surface area contributed by atoms with Crippen LogP contribution in [0.3, 0.4) is 0 Å². The number of fused-ring (bicyclic) bond motifs is 1. The molecule has 2 aromatic carbocycles. The highest BCUT2D eigenvalue weighted by molar-refractivity contribution is 5.95. The molecule has 0 aliphatic carbocycles. The minimum Gasteiger partial charge on any atom is -0.462 e. The lowest BCUT2D eigenvalue weighted by atomic mass is 10.1. The topological polar surface area (TPSA) is 51.5 Å². The van der Waals surface area contributed by atoms with Gasteiger partial charge in [-0.3, -0.25) is 4.79 Å². The molecular formula is C24H24F2N2O3. The third kappa shape index (κ3) is 3.92. The zero-order valence-corrected chi connectivity index (χ0v) is 17.4. The number of hydrogen-bond acceptors (Lipinski definition) is 4. The number of esters is 1. The molecule has 3 aromatic rings. The summed E-state index contributed by atoms with van der Waals surface area (Å²) in [7, 11) is 0. The van der Waals surface area contributed by atoms with Crippen LogP contribution in [0, 0.1) is 11.6 Å². The highest BCUT2D eigenvalue weighted by Crippen LogP contribution is 2.32. The quantitative estimate of drug-likeness (QED) is 0.561. The van der Waals surface area contributed by atoms with E-state index in [1.807, 2.05) is 0 Å². The third-order valence-electron chi connectivity index (χ3n) is 5.61. The lowest BCUT2D eigenvalue weighted by Gasteiger charge is -2.25. The molecule has 1 aliphatic heterocycles. The fourth-order valence-corrected chi connectivity index (χ4v) is 4.14. The molecule has 1 fully saturated rings. The summed E-state index contributed by atoms with van der Waals surface area (Å²) in [6.07, 6.45) is 5.02. The molecule has 0 bridgehead atoms. The fourth-order valence-electron chi connectivity index (χ4n) is 4.14. The van der Waals surface area contributed by atoms with E-state index in [0.29, 0.717) is 18.8 Å². The van der Waals surface area contributed by atoms with E-state index in [0.717, 1.165) is 31.7 Å². The fraction of sp³-hybridized carbons (Fsp3) is 0.333. The van der Waals surface area contributed by atoms with Crippen molar-refractivity contribution in [1.82, 2.24) is 4.57 Å². The molecule has 0 saturated carbocycles. The van der Waals surface area contributed by atoms with Crippen LogP contribution < -0.4 is 10.3 Å². The van der Waals surface area contributed by atoms with E-state index in [-0.39, 0.29) is 28.8 Å². The number of nitrogens with zero attached hydrogens (tertiary/aromatic N) is 2. The summed E-state index contributed by atoms with van der Waals surface area (Å²) >= 11 is 0. The molecule has 4 rings (SSSR count). The average Bonchev–Trinajstić information content (AvgIpc) is 3.04. The summed E-state index contributed by atoms with van der Waals surface area (Å²) in [6.45, 7) is 2.81. The van der Waals surface area contributed by atoms with Gasteiger partial charge in [0.05, 0.1) is 17.5 Å². The molecule has 31 heavy (non-hydrogen) atoms. The predicted octanol–water partition coefficient (Wildman–Crippen LogP) is 4.83. The van der Waals surface area contributed by atoms with Gasteiger partial charge in [-0.1, -0.05) is 31.0 Å². The maximum absolute atomic E-state index is 15.9. The van der Waals surface area contributed by atoms with Crippen LogP contribution in [0.5, 0.6) is 0 Å². The van der Waals surface area contributed by atoms with Crippen molar-refractivity contribution in [3.63, 3.8) is 0 Å². The molecular weight excluding hydrogens is 402 g/mol. The van der Waals surface area contributed by atoms with E-state index < -0.39 is 23.0 Å². The van der Waals surface area contributed by atoms with E-state index in [1.54, 1.807) is 42.2 Å². The second-order valence-electron chi connectivity index (χ2n) is 7.62. The molecule has 1 saturated heterocycles. The van der Waals surface area contributed by atoms with Crippen molar-refractivity contribution < 1.29 is 18.3 Å². The Morgan fingerprint density at radius 2 is 1.74 bits per heavy atom. The van der Waals surface area contributed by atoms with Crippen molar-refractivity contribution in [2.45, 2.75) is 32.6 Å². The summed E-state index contributed by atoms with van der Waals surface area (Å²) < 4.78 is 37.5. The van der Waals surface area contributed by atoms with Crippen molar-refractivity contribution in [2.24, 2.45) is 0 Å². The highest BCUT2D eigenvalue weighted by Gasteiger charge is 2.26. The minimum absolute atomic E-state index is 0.0510. The van der Waals surface area contributed by atoms with Gasteiger partial charge in [-0.25, -0.2) is 13.6 Å². The first kappa shape index (κ1) is 21.0. The number of carbonyl (C=O) groups is 1. The van der Waals surface area contributed by atoms with Crippen LogP contribution in [0.4, 0.5) is 14.5 Å². The van der Waals surface area contributed by atoms with E-state index in [9.17, 15) is 9.59 Å². The lowest BCUT2D eigenvalue weighted by molar-refractivity contribution is 0.0524. The Morgan fingerprint density at radius 3 is 2.39 bits per heavy atom. The summed E-state index contributed by atoms with van der Waals surface area (Å²) in [4.78, 5) is 27.1. The van der Waals surface area contributed by atoms with E-state index in [2.05, 4.69) is 0 Å². The molecule has 0 N–H and O–H groups in total. The maximum Gasteiger partial charge on any atom is 0.343 e. The second kappa shape index (κ2) is 8.88. The molecule has 1 aromatic heterocycles. The number of benzene rings is 2. The Hall–Kier alpha value is -3.22. The Kier molecular flexibility index (Phi) is 6.02. The lowest BCUT2D eigenvalue weighted by Crippen LogP contribution is -2.27. The van der Waals surface area contributed by atoms with Crippen molar-refractivity contribution in [3.05, 3.63) is 70.0 Å². The van der Waals surface area contributed by atoms with Crippen LogP contribution in [-0.4, -0.2) is 30.2 Å². The van der Waals surface area contributed by atoms with E-state index in [1.165, 1.54) is 10.8 Å². The standard InChI is InChI=1S/C24H24F2N2O3/c1-2-31-24(30)18-15-28(16-10-6-5-7-11-16)21-17(23(18)29)14-19(25)22(20(21)26)27-12-8-3-4-9-13-27/h5-7,10-11,14-15H,2-4,8-9,12-13H2,1H3. The van der Waals surface area contributed by atoms with Crippen molar-refractivity contribution in [3.8, 4) is 5.69 Å². The summed E-state index contributed by atoms with van der Waals surface area (Å²) in [5.74, 6) is -2.42. The van der Waals surface area contributed by atoms with Crippen LogP contribution in [0.1, 0.15) is 43.0 Å². The molecule has 0 amide bonds. The Bertz CT molecular complexity index is 1170. The van der Waals surface area contributed by atoms with Gasteiger partial charge >= 0.3 is 5.97 Å². The number of rotatable bonds is 4. The molecule has 162 valence electrons. The molecule has 5 nitrogen and oxygen atoms in total. The van der Waals surface area contributed by atoms with Gasteiger partial charge in [-0.2, -0.15) is 0 Å². The van der Waals surface area contributed by atoms with Gasteiger partial charge in [0, 0.05) is 25.0 Å². The molecule has 0 unspecified atom stereocenters. The number of para-hydroxylation sites is 1. The first-order valence-electron chi connectivity index (χ1n) is 10.6. The molecule has 0 atom stereocenters. The van der Waals surface area contributed by atoms with Crippen molar-refractivity contribution >= 4 is 22.6 Å². The van der Waals surface area contributed by atoms with Gasteiger partial charge in [-0.15, -0.1) is 0 Å². The van der Waals surface area contributed by atoms with Crippen LogP contribution >= 0.6 is 0 Å². The number of ether oxygens (including phenoxy) is 1. The van der Waals surface area contributed by atoms with E-state index in [4.69, 9.17) is 4.74 Å². The first-order valence-corrected chi connectivity index (χ1v) is 10.6. The van der Waals surface area contributed by atoms with Crippen LogP contribution in [0.15, 0.2) is 47.4 Å². The highest BCUT2D eigenvalue weighted by atomic mass is 19.1. The monoisotopic (exact) mass is 426 g/mol. The summed E-state index contributed by atoms with van der Waals surface area (Å²) in [6, 6.07) is 9.84. The third-order valence-corrected chi connectivity index (χ3v) is 5.61. The van der Waals surface area contributed by atoms with Crippen molar-refractivity contribution in [1.29, 1.82) is 0 Å². The summed E-state index contributed by atoms with van der Waals surface area (Å²) in [5, 5.41) is -0.192. The zero-order chi connectivity index (χ0) is 22.0. The van der Waals surface area contributed by atoms with Gasteiger partial charge < -0.3 is 14.2 Å². The van der Waals surface area contributed by atoms with Gasteiger partial charge in [0.25, 0.3) is 0 Å². The molecule has 7 heteroatoms. The van der Waals surface area contributed by atoms with Gasteiger partial charge in [0.2, 0.25) is 5.43 Å². The van der Waals surface area contributed by atoms with E-state index >= 15 is 8.78 Å². The normalized spacial score (nSPS) is 14.5. The van der Waals surface area contributed by atoms with Gasteiger partial charge in [0.15, 0.2) is 5.82 Å². The van der Waals surface area contributed by atoms with Crippen LogP contribution in [0.25, 0.3) is 16.6 Å². The van der Waals surface area contributed by atoms with Gasteiger partial charge in [-0.05, 0) is 38.0 Å². The molecule has 1 aliphatic rings. The number of hydrogen-bond donors (Lipinski definition) is 0. The Morgan fingerprint density at radius 1 is 1.06 bits per heavy atom. The zero-order valence-electron chi connectivity index (χ0n) is 17.4. The second-order valence-corrected chi connectivity index (χ2v) is 7.62. The van der Waals surface area contributed by atoms with Gasteiger partial charge in [0.1, 0.15) is 17.1 Å². The Labute approximate surface area is 178 Å². The smallest absolute Gasteiger partial charge is 0.343 e. The Balaban J connectivity index is 2.03. The van der Waals surface area contributed by atoms with Crippen molar-refractivity contribution in [2.75, 3.05) is 24.6 Å². The van der Waals surface area contributed by atoms with Crippen LogP contribution in [0.2, 0.25) is 0 Å². The predicted molar refractivity (Wildman–Crippen MR) is 116 cm³/mol.